The number of rotatable bonds is 11. The first-order chi connectivity index (χ1) is 20.2. The second-order valence-corrected chi connectivity index (χ2v) is 9.44. The molecule has 1 unspecified atom stereocenters. The number of amides is 1. The van der Waals surface area contributed by atoms with Crippen LogP contribution in [-0.2, 0) is 10.3 Å². The molecule has 2 N–H and O–H groups in total. The maximum Gasteiger partial charge on any atom is 0.416 e. The molecule has 2 aromatic carbocycles. The number of aromatic nitrogens is 4. The summed E-state index contributed by atoms with van der Waals surface area (Å²) >= 11 is 0. The minimum absolute atomic E-state index is 0.0178. The molecule has 0 bridgehead atoms. The van der Waals surface area contributed by atoms with E-state index < -0.39 is 60.2 Å². The molecule has 0 radical (unpaired) electrons. The van der Waals surface area contributed by atoms with E-state index in [1.54, 1.807) is 0 Å². The summed E-state index contributed by atoms with van der Waals surface area (Å²) in [5.74, 6) is -3.53. The van der Waals surface area contributed by atoms with Gasteiger partial charge in [-0.2, -0.15) is 40.3 Å². The van der Waals surface area contributed by atoms with Crippen LogP contribution in [0, 0.1) is 5.82 Å². The molecule has 4 rings (SSSR count). The molecule has 0 saturated carbocycles. The van der Waals surface area contributed by atoms with E-state index in [1.165, 1.54) is 0 Å². The number of benzene rings is 2. The van der Waals surface area contributed by atoms with Gasteiger partial charge in [0.15, 0.2) is 5.54 Å². The minimum atomic E-state index is -5.27. The summed E-state index contributed by atoms with van der Waals surface area (Å²) in [7, 11) is 0. The van der Waals surface area contributed by atoms with Crippen molar-refractivity contribution >= 4 is 17.1 Å². The average Bonchev–Trinajstić information content (AvgIpc) is 3.43. The maximum atomic E-state index is 15.4. The fourth-order valence-electron chi connectivity index (χ4n) is 4.59. The molecule has 1 aliphatic heterocycles. The van der Waals surface area contributed by atoms with E-state index >= 15 is 4.39 Å². The fraction of sp³-hybridized carbons (Fsp3) is 0.385. The van der Waals surface area contributed by atoms with Crippen molar-refractivity contribution in [2.45, 2.75) is 56.6 Å². The van der Waals surface area contributed by atoms with E-state index in [4.69, 9.17) is 4.74 Å². The van der Waals surface area contributed by atoms with Crippen LogP contribution < -0.4 is 14.8 Å². The number of alkyl halides is 8. The normalized spacial score (nSPS) is 17.8. The zero-order valence-corrected chi connectivity index (χ0v) is 21.8. The lowest BCUT2D eigenvalue weighted by atomic mass is 9.76. The highest BCUT2D eigenvalue weighted by Gasteiger charge is 2.61. The predicted molar refractivity (Wildman–Crippen MR) is 131 cm³/mol. The molecule has 8 nitrogen and oxygen atoms in total. The number of H-pyrrole nitrogens is 1. The molecular formula is C26H22F9N5O3. The quantitative estimate of drug-likeness (QED) is 0.191. The Morgan fingerprint density at radius 1 is 0.953 bits per heavy atom. The van der Waals surface area contributed by atoms with Gasteiger partial charge in [-0.05, 0) is 59.9 Å². The number of unbranched alkanes of at least 4 members (excludes halogenated alkanes) is 2. The Morgan fingerprint density at radius 3 is 2.23 bits per heavy atom. The van der Waals surface area contributed by atoms with E-state index in [0.717, 1.165) is 36.4 Å². The first kappa shape index (κ1) is 31.6. The van der Waals surface area contributed by atoms with Crippen molar-refractivity contribution in [1.82, 2.24) is 25.9 Å². The Bertz CT molecular complexity index is 1440. The third-order valence-electron chi connectivity index (χ3n) is 6.55. The second-order valence-electron chi connectivity index (χ2n) is 9.44. The molecular weight excluding hydrogens is 601 g/mol. The Balaban J connectivity index is 1.66. The number of hydrogen-bond donors (Lipinski definition) is 2. The number of aromatic amines is 1. The molecule has 0 saturated heterocycles. The summed E-state index contributed by atoms with van der Waals surface area (Å²) in [6, 6.07) is 6.92. The predicted octanol–water partition coefficient (Wildman–Crippen LogP) is 6.33. The van der Waals surface area contributed by atoms with Gasteiger partial charge in [-0.25, -0.2) is 4.39 Å². The summed E-state index contributed by atoms with van der Waals surface area (Å²) in [6.45, 7) is -3.27. The van der Waals surface area contributed by atoms with Crippen LogP contribution in [0.25, 0.3) is 11.1 Å². The highest BCUT2D eigenvalue weighted by Crippen LogP contribution is 2.50. The van der Waals surface area contributed by atoms with Crippen LogP contribution in [0.1, 0.15) is 49.1 Å². The fourth-order valence-corrected chi connectivity index (χ4v) is 4.59. The summed E-state index contributed by atoms with van der Waals surface area (Å²) in [5, 5.41) is 14.6. The van der Waals surface area contributed by atoms with Crippen LogP contribution in [0.15, 0.2) is 42.5 Å². The van der Waals surface area contributed by atoms with E-state index in [2.05, 4.69) is 25.4 Å². The van der Waals surface area contributed by atoms with Gasteiger partial charge in [0.25, 0.3) is 5.91 Å². The lowest BCUT2D eigenvalue weighted by Crippen LogP contribution is -2.59. The molecule has 43 heavy (non-hydrogen) atoms. The van der Waals surface area contributed by atoms with Crippen molar-refractivity contribution in [2.75, 3.05) is 6.61 Å². The van der Waals surface area contributed by atoms with E-state index in [9.17, 15) is 39.9 Å². The number of carbonyl (C=O) groups is 1. The molecule has 1 amide bonds. The topological polar surface area (TPSA) is 102 Å². The van der Waals surface area contributed by atoms with Gasteiger partial charge in [0.05, 0.1) is 12.2 Å². The Labute approximate surface area is 237 Å². The summed E-state index contributed by atoms with van der Waals surface area (Å²) < 4.78 is 131. The van der Waals surface area contributed by atoms with Gasteiger partial charge in [0, 0.05) is 24.5 Å². The molecule has 1 atom stereocenters. The van der Waals surface area contributed by atoms with Crippen molar-refractivity contribution in [3.05, 3.63) is 65.2 Å². The molecule has 232 valence electrons. The van der Waals surface area contributed by atoms with Gasteiger partial charge in [-0.15, -0.1) is 10.2 Å². The molecule has 1 aliphatic rings. The van der Waals surface area contributed by atoms with Crippen LogP contribution in [0.2, 0.25) is 0 Å². The zero-order valence-electron chi connectivity index (χ0n) is 21.8. The van der Waals surface area contributed by atoms with Gasteiger partial charge in [-0.1, -0.05) is 12.1 Å². The van der Waals surface area contributed by atoms with Crippen molar-refractivity contribution in [3.8, 4) is 11.5 Å². The number of nitrogens with one attached hydrogen (secondary N) is 2. The summed E-state index contributed by atoms with van der Waals surface area (Å²) in [6.07, 6.45) is -11.4. The first-order valence-corrected chi connectivity index (χ1v) is 12.6. The molecule has 1 aromatic heterocycles. The van der Waals surface area contributed by atoms with Crippen LogP contribution >= 0.6 is 0 Å². The average molecular weight is 623 g/mol. The number of tetrazole rings is 1. The number of carbonyl (C=O) groups excluding carboxylic acids is 1. The lowest BCUT2D eigenvalue weighted by molar-refractivity contribution is -0.202. The third kappa shape index (κ3) is 7.37. The molecule has 17 heteroatoms. The molecule has 3 aromatic rings. The smallest absolute Gasteiger partial charge is 0.416 e. The standard InChI is InChI=1S/C26H22F9N5O3/c27-19-12-16(42-11-3-1-2-10-25(30,31)32)8-9-18(19)24(26(33,34)35)13-17(14-4-6-15(7-5-14)43-23(28)29)20(22(41)36-24)21-37-39-40-38-21/h4-9,12,23H,1-3,10-11,13H2,(H,36,41)(H,37,38,39,40). The van der Waals surface area contributed by atoms with Crippen LogP contribution in [0.5, 0.6) is 11.5 Å². The number of nitrogens with zero attached hydrogens (tertiary/aromatic N) is 3. The Kier molecular flexibility index (Phi) is 9.20. The Morgan fingerprint density at radius 2 is 1.65 bits per heavy atom. The minimum Gasteiger partial charge on any atom is -0.493 e. The van der Waals surface area contributed by atoms with Gasteiger partial charge in [-0.3, -0.25) is 4.79 Å². The van der Waals surface area contributed by atoms with Gasteiger partial charge < -0.3 is 14.8 Å². The van der Waals surface area contributed by atoms with E-state index in [0.29, 0.717) is 6.07 Å². The highest BCUT2D eigenvalue weighted by molar-refractivity contribution is 6.27. The van der Waals surface area contributed by atoms with Crippen LogP contribution in [0.3, 0.4) is 0 Å². The number of halogens is 9. The Hall–Kier alpha value is -4.31. The second kappa shape index (κ2) is 12.5. The first-order valence-electron chi connectivity index (χ1n) is 12.6. The van der Waals surface area contributed by atoms with Crippen molar-refractivity contribution in [2.24, 2.45) is 0 Å². The van der Waals surface area contributed by atoms with Crippen molar-refractivity contribution < 1.29 is 53.8 Å². The van der Waals surface area contributed by atoms with E-state index in [1.807, 2.05) is 5.32 Å². The zero-order chi connectivity index (χ0) is 31.4. The van der Waals surface area contributed by atoms with Crippen LogP contribution in [0.4, 0.5) is 39.5 Å². The lowest BCUT2D eigenvalue weighted by Gasteiger charge is -2.41. The van der Waals surface area contributed by atoms with Gasteiger partial charge >= 0.3 is 19.0 Å². The summed E-state index contributed by atoms with van der Waals surface area (Å²) in [5.41, 5.74) is -4.97. The third-order valence-corrected chi connectivity index (χ3v) is 6.55. The van der Waals surface area contributed by atoms with Crippen molar-refractivity contribution in [3.63, 3.8) is 0 Å². The van der Waals surface area contributed by atoms with Gasteiger partial charge in [0.1, 0.15) is 17.3 Å². The molecule has 0 spiro atoms. The van der Waals surface area contributed by atoms with Crippen LogP contribution in [-0.4, -0.2) is 52.1 Å². The van der Waals surface area contributed by atoms with Gasteiger partial charge in [0.2, 0.25) is 5.82 Å². The molecule has 0 fully saturated rings. The maximum absolute atomic E-state index is 15.4. The number of ether oxygens (including phenoxy) is 2. The molecule has 2 heterocycles. The summed E-state index contributed by atoms with van der Waals surface area (Å²) in [4.78, 5) is 13.3. The highest BCUT2D eigenvalue weighted by atomic mass is 19.4. The van der Waals surface area contributed by atoms with Crippen molar-refractivity contribution in [1.29, 1.82) is 0 Å². The monoisotopic (exact) mass is 623 g/mol. The molecule has 0 aliphatic carbocycles. The van der Waals surface area contributed by atoms with E-state index in [-0.39, 0.29) is 54.3 Å². The largest absolute Gasteiger partial charge is 0.493 e. The number of hydrogen-bond acceptors (Lipinski definition) is 6. The SMILES string of the molecule is O=C1NC(c2ccc(OCCCCCC(F)(F)F)cc2F)(C(F)(F)F)CC(c2ccc(OC(F)F)cc2)=C1c1nn[nH]n1.